The van der Waals surface area contributed by atoms with Crippen molar-refractivity contribution in [2.45, 2.75) is 18.9 Å². The fraction of sp³-hybridized carbons (Fsp3) is 0.417. The lowest BCUT2D eigenvalue weighted by atomic mass is 10.1. The quantitative estimate of drug-likeness (QED) is 0.898. The van der Waals surface area contributed by atoms with Gasteiger partial charge in [-0.1, -0.05) is 15.9 Å². The van der Waals surface area contributed by atoms with Crippen molar-refractivity contribution >= 4 is 31.7 Å². The van der Waals surface area contributed by atoms with Crippen LogP contribution in [0.1, 0.15) is 23.2 Å². The van der Waals surface area contributed by atoms with Crippen molar-refractivity contribution in [1.82, 2.24) is 5.32 Å². The summed E-state index contributed by atoms with van der Waals surface area (Å²) in [6.07, 6.45) is 1.34. The molecule has 0 radical (unpaired) electrons. The van der Waals surface area contributed by atoms with Gasteiger partial charge in [-0.2, -0.15) is 0 Å². The third kappa shape index (κ3) is 3.55. The lowest BCUT2D eigenvalue weighted by Gasteiger charge is -2.23. The fourth-order valence-corrected chi connectivity index (χ4v) is 3.91. The van der Waals surface area contributed by atoms with Crippen LogP contribution >= 0.6 is 15.9 Å². The van der Waals surface area contributed by atoms with Crippen LogP contribution in [-0.4, -0.2) is 31.9 Å². The van der Waals surface area contributed by atoms with E-state index in [0.717, 1.165) is 10.9 Å². The number of halogens is 1. The molecule has 1 fully saturated rings. The first-order chi connectivity index (χ1) is 8.46. The zero-order valence-electron chi connectivity index (χ0n) is 9.73. The van der Waals surface area contributed by atoms with Gasteiger partial charge in [0.25, 0.3) is 5.91 Å². The van der Waals surface area contributed by atoms with E-state index in [1.54, 1.807) is 24.3 Å². The summed E-state index contributed by atoms with van der Waals surface area (Å²) in [4.78, 5) is 11.9. The number of carbonyl (C=O) groups is 1. The van der Waals surface area contributed by atoms with Crippen LogP contribution in [0.4, 0.5) is 0 Å². The highest BCUT2D eigenvalue weighted by Gasteiger charge is 2.25. The van der Waals surface area contributed by atoms with Gasteiger partial charge in [-0.15, -0.1) is 0 Å². The minimum Gasteiger partial charge on any atom is -0.348 e. The lowest BCUT2D eigenvalue weighted by molar-refractivity contribution is 0.0938. The molecule has 1 unspecified atom stereocenters. The van der Waals surface area contributed by atoms with Crippen molar-refractivity contribution in [2.75, 3.05) is 11.5 Å². The van der Waals surface area contributed by atoms with Crippen molar-refractivity contribution in [2.24, 2.45) is 0 Å². The Balaban J connectivity index is 2.01. The summed E-state index contributed by atoms with van der Waals surface area (Å²) in [6.45, 7) is 0. The minimum atomic E-state index is -2.99. The molecule has 0 aliphatic carbocycles. The van der Waals surface area contributed by atoms with E-state index in [-0.39, 0.29) is 23.5 Å². The van der Waals surface area contributed by atoms with Crippen LogP contribution in [-0.2, 0) is 9.84 Å². The average molecular weight is 332 g/mol. The maximum Gasteiger partial charge on any atom is 0.251 e. The smallest absolute Gasteiger partial charge is 0.251 e. The normalized spacial score (nSPS) is 22.4. The van der Waals surface area contributed by atoms with E-state index in [4.69, 9.17) is 0 Å². The molecule has 0 saturated carbocycles. The van der Waals surface area contributed by atoms with E-state index in [0.29, 0.717) is 12.0 Å². The zero-order valence-corrected chi connectivity index (χ0v) is 12.1. The van der Waals surface area contributed by atoms with Gasteiger partial charge in [0.2, 0.25) is 0 Å². The maximum absolute atomic E-state index is 11.9. The second-order valence-corrected chi connectivity index (χ2v) is 7.58. The number of sulfone groups is 1. The Labute approximate surface area is 115 Å². The minimum absolute atomic E-state index is 0.0509. The van der Waals surface area contributed by atoms with Crippen LogP contribution < -0.4 is 5.32 Å². The topological polar surface area (TPSA) is 63.2 Å². The Hall–Kier alpha value is -0.880. The number of hydrogen-bond donors (Lipinski definition) is 1. The van der Waals surface area contributed by atoms with Crippen LogP contribution in [0.25, 0.3) is 0 Å². The van der Waals surface area contributed by atoms with E-state index in [1.807, 2.05) is 0 Å². The third-order valence-electron chi connectivity index (χ3n) is 2.90. The number of nitrogens with one attached hydrogen (secondary N) is 1. The second kappa shape index (κ2) is 5.40. The highest BCUT2D eigenvalue weighted by atomic mass is 79.9. The summed E-state index contributed by atoms with van der Waals surface area (Å²) in [6, 6.07) is 6.71. The van der Waals surface area contributed by atoms with Gasteiger partial charge in [0, 0.05) is 16.1 Å². The average Bonchev–Trinajstić information content (AvgIpc) is 2.28. The van der Waals surface area contributed by atoms with Gasteiger partial charge in [-0.3, -0.25) is 4.79 Å². The van der Waals surface area contributed by atoms with Crippen molar-refractivity contribution in [3.63, 3.8) is 0 Å². The first-order valence-corrected chi connectivity index (χ1v) is 8.34. The van der Waals surface area contributed by atoms with Gasteiger partial charge in [-0.25, -0.2) is 8.42 Å². The van der Waals surface area contributed by atoms with E-state index in [2.05, 4.69) is 21.2 Å². The van der Waals surface area contributed by atoms with Crippen LogP contribution in [0.5, 0.6) is 0 Å². The maximum atomic E-state index is 11.9. The Bertz CT molecular complexity index is 539. The Morgan fingerprint density at radius 3 is 2.56 bits per heavy atom. The van der Waals surface area contributed by atoms with E-state index >= 15 is 0 Å². The summed E-state index contributed by atoms with van der Waals surface area (Å²) >= 11 is 3.30. The third-order valence-corrected chi connectivity index (χ3v) is 5.25. The van der Waals surface area contributed by atoms with Crippen molar-refractivity contribution in [3.05, 3.63) is 34.3 Å². The van der Waals surface area contributed by atoms with Gasteiger partial charge in [-0.05, 0) is 37.1 Å². The van der Waals surface area contributed by atoms with Gasteiger partial charge < -0.3 is 5.32 Å². The molecule has 1 N–H and O–H groups in total. The van der Waals surface area contributed by atoms with E-state index < -0.39 is 9.84 Å². The van der Waals surface area contributed by atoms with Gasteiger partial charge >= 0.3 is 0 Å². The molecule has 1 atom stereocenters. The van der Waals surface area contributed by atoms with Gasteiger partial charge in [0.1, 0.15) is 0 Å². The molecule has 1 aromatic carbocycles. The lowest BCUT2D eigenvalue weighted by Crippen LogP contribution is -2.43. The van der Waals surface area contributed by atoms with Crippen LogP contribution in [0.3, 0.4) is 0 Å². The van der Waals surface area contributed by atoms with Crippen molar-refractivity contribution < 1.29 is 13.2 Å². The molecule has 0 aromatic heterocycles. The highest BCUT2D eigenvalue weighted by molar-refractivity contribution is 9.10. The molecule has 1 saturated heterocycles. The Morgan fingerprint density at radius 1 is 1.28 bits per heavy atom. The van der Waals surface area contributed by atoms with Crippen molar-refractivity contribution in [1.29, 1.82) is 0 Å². The highest BCUT2D eigenvalue weighted by Crippen LogP contribution is 2.14. The predicted molar refractivity (Wildman–Crippen MR) is 73.3 cm³/mol. The molecular formula is C12H14BrNO3S. The summed E-state index contributed by atoms with van der Waals surface area (Å²) in [7, 11) is -2.99. The molecule has 2 rings (SSSR count). The summed E-state index contributed by atoms with van der Waals surface area (Å²) in [5, 5.41) is 2.78. The van der Waals surface area contributed by atoms with Gasteiger partial charge in [0.05, 0.1) is 11.5 Å². The second-order valence-electron chi connectivity index (χ2n) is 4.43. The largest absolute Gasteiger partial charge is 0.348 e. The Morgan fingerprint density at radius 2 is 1.94 bits per heavy atom. The number of amides is 1. The number of hydrogen-bond acceptors (Lipinski definition) is 3. The fourth-order valence-electron chi connectivity index (χ4n) is 2.01. The van der Waals surface area contributed by atoms with Gasteiger partial charge in [0.15, 0.2) is 9.84 Å². The first-order valence-electron chi connectivity index (χ1n) is 5.73. The Kier molecular flexibility index (Phi) is 4.07. The molecule has 1 aliphatic heterocycles. The molecule has 18 heavy (non-hydrogen) atoms. The molecule has 1 aliphatic rings. The standard InChI is InChI=1S/C12H14BrNO3S/c13-10-5-3-9(4-6-10)12(15)14-11-2-1-7-18(16,17)8-11/h3-6,11H,1-2,7-8H2,(H,14,15). The van der Waals surface area contributed by atoms with Crippen molar-refractivity contribution in [3.8, 4) is 0 Å². The molecule has 0 bridgehead atoms. The molecule has 6 heteroatoms. The summed E-state index contributed by atoms with van der Waals surface area (Å²) in [5.74, 6) is 0.0667. The first kappa shape index (κ1) is 13.5. The monoisotopic (exact) mass is 331 g/mol. The molecular weight excluding hydrogens is 318 g/mol. The summed E-state index contributed by atoms with van der Waals surface area (Å²) < 4.78 is 23.8. The molecule has 1 amide bonds. The van der Waals surface area contributed by atoms with Crippen LogP contribution in [0.15, 0.2) is 28.7 Å². The predicted octanol–water partition coefficient (Wildman–Crippen LogP) is 1.76. The number of benzene rings is 1. The van der Waals surface area contributed by atoms with Crippen LogP contribution in [0, 0.1) is 0 Å². The van der Waals surface area contributed by atoms with Crippen LogP contribution in [0.2, 0.25) is 0 Å². The number of rotatable bonds is 2. The molecule has 98 valence electrons. The van der Waals surface area contributed by atoms with E-state index in [9.17, 15) is 13.2 Å². The molecule has 0 spiro atoms. The molecule has 1 heterocycles. The SMILES string of the molecule is O=C(NC1CCCS(=O)(=O)C1)c1ccc(Br)cc1. The number of carbonyl (C=O) groups excluding carboxylic acids is 1. The summed E-state index contributed by atoms with van der Waals surface area (Å²) in [5.41, 5.74) is 0.543. The molecule has 4 nitrogen and oxygen atoms in total. The molecule has 1 aromatic rings. The van der Waals surface area contributed by atoms with E-state index in [1.165, 1.54) is 0 Å². The zero-order chi connectivity index (χ0) is 13.2.